The van der Waals surface area contributed by atoms with Gasteiger partial charge in [-0.15, -0.1) is 0 Å². The highest BCUT2D eigenvalue weighted by atomic mass is 79.9. The first-order valence-electron chi connectivity index (χ1n) is 5.71. The molecule has 4 heteroatoms. The predicted molar refractivity (Wildman–Crippen MR) is 78.9 cm³/mol. The summed E-state index contributed by atoms with van der Waals surface area (Å²) in [6.45, 7) is 5.61. The van der Waals surface area contributed by atoms with Crippen LogP contribution in [-0.2, 0) is 0 Å². The Labute approximate surface area is 120 Å². The number of halogens is 2. The fraction of sp³-hybridized carbons (Fsp3) is 0.462. The topological polar surface area (TPSA) is 20.3 Å². The molecule has 0 fully saturated rings. The van der Waals surface area contributed by atoms with Crippen molar-refractivity contribution < 1.29 is 4.79 Å². The highest BCUT2D eigenvalue weighted by molar-refractivity contribution is 9.10. The van der Waals surface area contributed by atoms with Gasteiger partial charge in [-0.05, 0) is 37.1 Å². The lowest BCUT2D eigenvalue weighted by atomic mass is 10.1. The Hall–Kier alpha value is -0.350. The Bertz CT molecular complexity index is 387. The molecule has 17 heavy (non-hydrogen) atoms. The fourth-order valence-electron chi connectivity index (χ4n) is 1.72. The van der Waals surface area contributed by atoms with E-state index in [4.69, 9.17) is 0 Å². The van der Waals surface area contributed by atoms with Gasteiger partial charge in [0, 0.05) is 28.5 Å². The maximum absolute atomic E-state index is 12.3. The third-order valence-electron chi connectivity index (χ3n) is 2.55. The van der Waals surface area contributed by atoms with Crippen molar-refractivity contribution in [2.75, 3.05) is 18.4 Å². The number of carbonyl (C=O) groups is 1. The van der Waals surface area contributed by atoms with Gasteiger partial charge in [0.05, 0.1) is 0 Å². The van der Waals surface area contributed by atoms with Gasteiger partial charge in [0.25, 0.3) is 5.91 Å². The zero-order valence-electron chi connectivity index (χ0n) is 10.2. The van der Waals surface area contributed by atoms with Crippen LogP contribution in [0.4, 0.5) is 0 Å². The molecule has 94 valence electrons. The second-order valence-corrected chi connectivity index (χ2v) is 5.65. The first-order valence-corrected chi connectivity index (χ1v) is 7.63. The smallest absolute Gasteiger partial charge is 0.254 e. The van der Waals surface area contributed by atoms with E-state index in [1.165, 1.54) is 0 Å². The first kappa shape index (κ1) is 14.7. The average molecular weight is 363 g/mol. The standard InChI is InChI=1S/C13H17Br2NO/c1-3-7-16(8-6-14)13(17)12-5-4-11(15)9-10(12)2/h4-5,9H,3,6-8H2,1-2H3. The van der Waals surface area contributed by atoms with Crippen LogP contribution in [0.25, 0.3) is 0 Å². The molecule has 1 aromatic rings. The molecule has 0 N–H and O–H groups in total. The maximum Gasteiger partial charge on any atom is 0.254 e. The van der Waals surface area contributed by atoms with E-state index in [-0.39, 0.29) is 5.91 Å². The van der Waals surface area contributed by atoms with Gasteiger partial charge >= 0.3 is 0 Å². The quantitative estimate of drug-likeness (QED) is 0.725. The van der Waals surface area contributed by atoms with Crippen molar-refractivity contribution in [3.05, 3.63) is 33.8 Å². The Morgan fingerprint density at radius 1 is 1.35 bits per heavy atom. The number of alkyl halides is 1. The average Bonchev–Trinajstić information content (AvgIpc) is 2.28. The molecule has 0 aliphatic heterocycles. The van der Waals surface area contributed by atoms with Crippen molar-refractivity contribution in [1.29, 1.82) is 0 Å². The molecule has 0 bridgehead atoms. The molecule has 0 heterocycles. The molecule has 0 unspecified atom stereocenters. The van der Waals surface area contributed by atoms with Gasteiger partial charge in [0.2, 0.25) is 0 Å². The largest absolute Gasteiger partial charge is 0.338 e. The van der Waals surface area contributed by atoms with Crippen LogP contribution in [0.2, 0.25) is 0 Å². The molecule has 0 radical (unpaired) electrons. The van der Waals surface area contributed by atoms with E-state index >= 15 is 0 Å². The van der Waals surface area contributed by atoms with Crippen LogP contribution in [0.15, 0.2) is 22.7 Å². The van der Waals surface area contributed by atoms with Gasteiger partial charge in [0.15, 0.2) is 0 Å². The fourth-order valence-corrected chi connectivity index (χ4v) is 2.63. The number of benzene rings is 1. The highest BCUT2D eigenvalue weighted by Gasteiger charge is 2.16. The van der Waals surface area contributed by atoms with Crippen LogP contribution in [0.3, 0.4) is 0 Å². The van der Waals surface area contributed by atoms with Crippen molar-refractivity contribution in [3.8, 4) is 0 Å². The second-order valence-electron chi connectivity index (χ2n) is 3.94. The predicted octanol–water partition coefficient (Wildman–Crippen LogP) is 4.00. The van der Waals surface area contributed by atoms with Gasteiger partial charge in [-0.3, -0.25) is 4.79 Å². The Morgan fingerprint density at radius 3 is 2.59 bits per heavy atom. The minimum Gasteiger partial charge on any atom is -0.338 e. The van der Waals surface area contributed by atoms with E-state index in [1.807, 2.05) is 30.0 Å². The molecule has 1 rings (SSSR count). The summed E-state index contributed by atoms with van der Waals surface area (Å²) in [4.78, 5) is 14.2. The van der Waals surface area contributed by atoms with Gasteiger partial charge in [-0.2, -0.15) is 0 Å². The van der Waals surface area contributed by atoms with Crippen LogP contribution < -0.4 is 0 Å². The molecular formula is C13H17Br2NO. The lowest BCUT2D eigenvalue weighted by molar-refractivity contribution is 0.0765. The van der Waals surface area contributed by atoms with E-state index in [0.717, 1.165) is 40.4 Å². The van der Waals surface area contributed by atoms with Crippen molar-refractivity contribution >= 4 is 37.8 Å². The van der Waals surface area contributed by atoms with Crippen LogP contribution in [0.5, 0.6) is 0 Å². The lowest BCUT2D eigenvalue weighted by Gasteiger charge is -2.22. The number of rotatable bonds is 5. The molecule has 0 aromatic heterocycles. The third kappa shape index (κ3) is 4.11. The monoisotopic (exact) mass is 361 g/mol. The highest BCUT2D eigenvalue weighted by Crippen LogP contribution is 2.17. The number of hydrogen-bond acceptors (Lipinski definition) is 1. The van der Waals surface area contributed by atoms with E-state index in [0.29, 0.717) is 0 Å². The molecule has 2 nitrogen and oxygen atoms in total. The van der Waals surface area contributed by atoms with Crippen molar-refractivity contribution in [2.24, 2.45) is 0 Å². The molecule has 0 aliphatic carbocycles. The summed E-state index contributed by atoms with van der Waals surface area (Å²) in [5.74, 6) is 0.122. The summed E-state index contributed by atoms with van der Waals surface area (Å²) in [5.41, 5.74) is 1.81. The number of aryl methyl sites for hydroxylation is 1. The number of carbonyl (C=O) groups excluding carboxylic acids is 1. The normalized spacial score (nSPS) is 10.4. The molecule has 0 atom stereocenters. The Kier molecular flexibility index (Phi) is 6.20. The summed E-state index contributed by atoms with van der Waals surface area (Å²) in [5, 5.41) is 0.814. The van der Waals surface area contributed by atoms with E-state index < -0.39 is 0 Å². The maximum atomic E-state index is 12.3. The van der Waals surface area contributed by atoms with Crippen molar-refractivity contribution in [2.45, 2.75) is 20.3 Å². The minimum atomic E-state index is 0.122. The zero-order chi connectivity index (χ0) is 12.8. The van der Waals surface area contributed by atoms with Gasteiger partial charge in [-0.1, -0.05) is 38.8 Å². The van der Waals surface area contributed by atoms with Crippen LogP contribution >= 0.6 is 31.9 Å². The van der Waals surface area contributed by atoms with Gasteiger partial charge in [0.1, 0.15) is 0 Å². The Balaban J connectivity index is 2.92. The molecule has 0 aliphatic rings. The minimum absolute atomic E-state index is 0.122. The van der Waals surface area contributed by atoms with E-state index in [1.54, 1.807) is 0 Å². The van der Waals surface area contributed by atoms with Crippen LogP contribution in [-0.4, -0.2) is 29.2 Å². The molecule has 1 aromatic carbocycles. The van der Waals surface area contributed by atoms with Crippen molar-refractivity contribution in [1.82, 2.24) is 4.90 Å². The van der Waals surface area contributed by atoms with Gasteiger partial charge in [-0.25, -0.2) is 0 Å². The summed E-state index contributed by atoms with van der Waals surface area (Å²) >= 11 is 6.80. The van der Waals surface area contributed by atoms with E-state index in [2.05, 4.69) is 38.8 Å². The Morgan fingerprint density at radius 2 is 2.06 bits per heavy atom. The molecule has 0 saturated heterocycles. The number of hydrogen-bond donors (Lipinski definition) is 0. The molecule has 0 spiro atoms. The zero-order valence-corrected chi connectivity index (χ0v) is 13.3. The number of amides is 1. The lowest BCUT2D eigenvalue weighted by Crippen LogP contribution is -2.33. The summed E-state index contributed by atoms with van der Waals surface area (Å²) in [7, 11) is 0. The molecule has 1 amide bonds. The SMILES string of the molecule is CCCN(CCBr)C(=O)c1ccc(Br)cc1C. The van der Waals surface area contributed by atoms with Crippen LogP contribution in [0, 0.1) is 6.92 Å². The molecule has 0 saturated carbocycles. The summed E-state index contributed by atoms with van der Waals surface area (Å²) < 4.78 is 1.01. The van der Waals surface area contributed by atoms with E-state index in [9.17, 15) is 4.79 Å². The first-order chi connectivity index (χ1) is 8.10. The molecular weight excluding hydrogens is 346 g/mol. The summed E-state index contributed by atoms with van der Waals surface area (Å²) in [6.07, 6.45) is 0.980. The van der Waals surface area contributed by atoms with Crippen molar-refractivity contribution in [3.63, 3.8) is 0 Å². The van der Waals surface area contributed by atoms with Crippen LogP contribution in [0.1, 0.15) is 29.3 Å². The van der Waals surface area contributed by atoms with Gasteiger partial charge < -0.3 is 4.90 Å². The summed E-state index contributed by atoms with van der Waals surface area (Å²) in [6, 6.07) is 5.78. The third-order valence-corrected chi connectivity index (χ3v) is 3.40. The second kappa shape index (κ2) is 7.17. The number of nitrogens with zero attached hydrogens (tertiary/aromatic N) is 1.